The van der Waals surface area contributed by atoms with Crippen molar-refractivity contribution >= 4 is 5.96 Å². The van der Waals surface area contributed by atoms with Gasteiger partial charge in [0.05, 0.1) is 6.54 Å². The highest BCUT2D eigenvalue weighted by Crippen LogP contribution is 2.36. The highest BCUT2D eigenvalue weighted by Gasteiger charge is 2.32. The van der Waals surface area contributed by atoms with Gasteiger partial charge in [-0.15, -0.1) is 0 Å². The van der Waals surface area contributed by atoms with Gasteiger partial charge >= 0.3 is 0 Å². The maximum atomic E-state index is 4.40. The monoisotopic (exact) mass is 211 g/mol. The van der Waals surface area contributed by atoms with Crippen molar-refractivity contribution in [2.75, 3.05) is 13.1 Å². The van der Waals surface area contributed by atoms with E-state index < -0.39 is 0 Å². The molecule has 0 spiro atoms. The molecule has 1 unspecified atom stereocenters. The predicted molar refractivity (Wildman–Crippen MR) is 66.1 cm³/mol. The quantitative estimate of drug-likeness (QED) is 0.733. The molecule has 0 fully saturated rings. The number of guanidine groups is 1. The standard InChI is InChI=1S/C12H25N3/c1-9-7-13-10(15-9)14-8-12(5,6)11(2,3)4/h9H,7-8H2,1-6H3,(H2,13,14,15). The molecule has 0 aromatic carbocycles. The fourth-order valence-corrected chi connectivity index (χ4v) is 1.23. The minimum Gasteiger partial charge on any atom is -0.356 e. The fourth-order valence-electron chi connectivity index (χ4n) is 1.23. The molecule has 0 saturated carbocycles. The summed E-state index contributed by atoms with van der Waals surface area (Å²) in [7, 11) is 0. The van der Waals surface area contributed by atoms with Crippen LogP contribution in [0.1, 0.15) is 41.5 Å². The smallest absolute Gasteiger partial charge is 0.191 e. The van der Waals surface area contributed by atoms with Crippen LogP contribution in [0.2, 0.25) is 0 Å². The first kappa shape index (κ1) is 12.3. The van der Waals surface area contributed by atoms with Crippen molar-refractivity contribution in [2.45, 2.75) is 47.6 Å². The first-order chi connectivity index (χ1) is 6.72. The molecule has 1 aliphatic rings. The third-order valence-electron chi connectivity index (χ3n) is 3.63. The van der Waals surface area contributed by atoms with E-state index in [1.807, 2.05) is 0 Å². The minimum atomic E-state index is 0.253. The Labute approximate surface area is 93.7 Å². The van der Waals surface area contributed by atoms with Gasteiger partial charge in [0.25, 0.3) is 0 Å². The van der Waals surface area contributed by atoms with Crippen LogP contribution in [0.5, 0.6) is 0 Å². The largest absolute Gasteiger partial charge is 0.356 e. The zero-order chi connectivity index (χ0) is 11.7. The summed E-state index contributed by atoms with van der Waals surface area (Å²) in [5.74, 6) is 0.958. The van der Waals surface area contributed by atoms with Crippen molar-refractivity contribution in [2.24, 2.45) is 15.8 Å². The Kier molecular flexibility index (Phi) is 3.31. The van der Waals surface area contributed by atoms with E-state index in [0.29, 0.717) is 11.5 Å². The Morgan fingerprint density at radius 1 is 1.33 bits per heavy atom. The lowest BCUT2D eigenvalue weighted by Crippen LogP contribution is -2.45. The van der Waals surface area contributed by atoms with Crippen LogP contribution >= 0.6 is 0 Å². The molecule has 0 amide bonds. The van der Waals surface area contributed by atoms with Crippen molar-refractivity contribution < 1.29 is 0 Å². The van der Waals surface area contributed by atoms with Crippen molar-refractivity contribution in [1.82, 2.24) is 10.6 Å². The highest BCUT2D eigenvalue weighted by molar-refractivity contribution is 5.81. The van der Waals surface area contributed by atoms with Gasteiger partial charge < -0.3 is 10.6 Å². The number of hydrogen-bond donors (Lipinski definition) is 2. The summed E-state index contributed by atoms with van der Waals surface area (Å²) in [6.07, 6.45) is 0. The van der Waals surface area contributed by atoms with Crippen molar-refractivity contribution in [3.63, 3.8) is 0 Å². The summed E-state index contributed by atoms with van der Waals surface area (Å²) in [6, 6.07) is 0.477. The third kappa shape index (κ3) is 3.11. The summed E-state index contributed by atoms with van der Waals surface area (Å²) in [4.78, 5) is 4.40. The number of hydrogen-bond acceptors (Lipinski definition) is 3. The van der Waals surface area contributed by atoms with Crippen LogP contribution in [-0.4, -0.2) is 25.1 Å². The second kappa shape index (κ2) is 4.03. The van der Waals surface area contributed by atoms with Gasteiger partial charge in [0.2, 0.25) is 0 Å². The number of rotatable bonds is 2. The van der Waals surface area contributed by atoms with Crippen LogP contribution in [0.15, 0.2) is 4.99 Å². The zero-order valence-corrected chi connectivity index (χ0v) is 10.9. The average molecular weight is 211 g/mol. The normalized spacial score (nSPS) is 22.3. The Balaban J connectivity index is 2.43. The Morgan fingerprint density at radius 2 is 1.93 bits per heavy atom. The molecule has 0 aliphatic carbocycles. The lowest BCUT2D eigenvalue weighted by atomic mass is 9.69. The van der Waals surface area contributed by atoms with Gasteiger partial charge in [0, 0.05) is 12.6 Å². The molecule has 0 aromatic rings. The van der Waals surface area contributed by atoms with Crippen molar-refractivity contribution in [3.8, 4) is 0 Å². The topological polar surface area (TPSA) is 36.4 Å². The fraction of sp³-hybridized carbons (Fsp3) is 0.917. The van der Waals surface area contributed by atoms with Gasteiger partial charge in [-0.1, -0.05) is 34.6 Å². The first-order valence-electron chi connectivity index (χ1n) is 5.77. The Hall–Kier alpha value is -0.730. The van der Waals surface area contributed by atoms with Gasteiger partial charge in [-0.2, -0.15) is 0 Å². The molecule has 0 bridgehead atoms. The summed E-state index contributed by atoms with van der Waals surface area (Å²) in [5.41, 5.74) is 0.549. The lowest BCUT2D eigenvalue weighted by Gasteiger charge is -2.39. The van der Waals surface area contributed by atoms with Gasteiger partial charge in [-0.3, -0.25) is 4.99 Å². The maximum absolute atomic E-state index is 4.40. The number of nitrogens with zero attached hydrogens (tertiary/aromatic N) is 1. The Morgan fingerprint density at radius 3 is 2.33 bits per heavy atom. The van der Waals surface area contributed by atoms with Crippen LogP contribution in [0.25, 0.3) is 0 Å². The molecule has 88 valence electrons. The lowest BCUT2D eigenvalue weighted by molar-refractivity contribution is 0.136. The van der Waals surface area contributed by atoms with E-state index in [2.05, 4.69) is 57.2 Å². The second-order valence-corrected chi connectivity index (χ2v) is 6.22. The molecule has 0 radical (unpaired) electrons. The molecule has 3 nitrogen and oxygen atoms in total. The predicted octanol–water partition coefficient (Wildman–Crippen LogP) is 2.00. The van der Waals surface area contributed by atoms with E-state index in [-0.39, 0.29) is 5.41 Å². The van der Waals surface area contributed by atoms with E-state index in [4.69, 9.17) is 0 Å². The van der Waals surface area contributed by atoms with Crippen LogP contribution in [0.4, 0.5) is 0 Å². The summed E-state index contributed by atoms with van der Waals surface area (Å²) >= 11 is 0. The van der Waals surface area contributed by atoms with Gasteiger partial charge in [-0.05, 0) is 17.8 Å². The van der Waals surface area contributed by atoms with Gasteiger partial charge in [0.1, 0.15) is 0 Å². The molecule has 2 N–H and O–H groups in total. The first-order valence-corrected chi connectivity index (χ1v) is 5.77. The third-order valence-corrected chi connectivity index (χ3v) is 3.63. The van der Waals surface area contributed by atoms with Crippen LogP contribution in [0, 0.1) is 10.8 Å². The Bertz CT molecular complexity index is 248. The summed E-state index contributed by atoms with van der Waals surface area (Å²) in [6.45, 7) is 15.4. The zero-order valence-electron chi connectivity index (χ0n) is 10.9. The SMILES string of the molecule is CC1CN=C(NCC(C)(C)C(C)(C)C)N1. The molecule has 0 saturated heterocycles. The molecule has 15 heavy (non-hydrogen) atoms. The summed E-state index contributed by atoms with van der Waals surface area (Å²) < 4.78 is 0. The number of aliphatic imine (C=N–C) groups is 1. The molecule has 1 heterocycles. The number of nitrogens with one attached hydrogen (secondary N) is 2. The van der Waals surface area contributed by atoms with Crippen LogP contribution in [-0.2, 0) is 0 Å². The molecular weight excluding hydrogens is 186 g/mol. The molecular formula is C12H25N3. The van der Waals surface area contributed by atoms with E-state index in [0.717, 1.165) is 19.0 Å². The highest BCUT2D eigenvalue weighted by atomic mass is 15.2. The molecule has 3 heteroatoms. The second-order valence-electron chi connectivity index (χ2n) is 6.22. The van der Waals surface area contributed by atoms with Crippen LogP contribution in [0.3, 0.4) is 0 Å². The van der Waals surface area contributed by atoms with Gasteiger partial charge in [0.15, 0.2) is 5.96 Å². The van der Waals surface area contributed by atoms with E-state index in [1.165, 1.54) is 0 Å². The van der Waals surface area contributed by atoms with E-state index in [1.54, 1.807) is 0 Å². The van der Waals surface area contributed by atoms with E-state index in [9.17, 15) is 0 Å². The minimum absolute atomic E-state index is 0.253. The van der Waals surface area contributed by atoms with Crippen molar-refractivity contribution in [1.29, 1.82) is 0 Å². The average Bonchev–Trinajstić information content (AvgIpc) is 2.46. The molecule has 1 atom stereocenters. The molecule has 1 aliphatic heterocycles. The van der Waals surface area contributed by atoms with Crippen molar-refractivity contribution in [3.05, 3.63) is 0 Å². The summed E-state index contributed by atoms with van der Waals surface area (Å²) in [5, 5.41) is 6.71. The van der Waals surface area contributed by atoms with E-state index >= 15 is 0 Å². The molecule has 1 rings (SSSR count). The van der Waals surface area contributed by atoms with Gasteiger partial charge in [-0.25, -0.2) is 0 Å². The van der Waals surface area contributed by atoms with Crippen LogP contribution < -0.4 is 10.6 Å². The molecule has 0 aromatic heterocycles. The maximum Gasteiger partial charge on any atom is 0.191 e.